The van der Waals surface area contributed by atoms with Crippen molar-refractivity contribution in [3.63, 3.8) is 0 Å². The summed E-state index contributed by atoms with van der Waals surface area (Å²) in [7, 11) is -1.40. The molecule has 0 saturated heterocycles. The van der Waals surface area contributed by atoms with Gasteiger partial charge in [-0.3, -0.25) is 4.79 Å². The normalized spacial score (nSPS) is 24.3. The maximum absolute atomic E-state index is 13.5. The standard InChI is InChI=1S/C26H35BN2O3/c1-17(19-6-3-7-20(12-11-19)21-8-2-5-18(13-21)15-28)26(30)23-10-4-9-22-14-25(27(31)32)29-16-24(22)23/h2,4-5,8-10,13,17,19-20,25,29,31-32H,3,6-7,11-12,14-16,28H2,1H3. The summed E-state index contributed by atoms with van der Waals surface area (Å²) in [6, 6.07) is 14.5. The van der Waals surface area contributed by atoms with E-state index >= 15 is 0 Å². The summed E-state index contributed by atoms with van der Waals surface area (Å²) in [5.41, 5.74) is 11.3. The average Bonchev–Trinajstić information content (AvgIpc) is 3.08. The van der Waals surface area contributed by atoms with Crippen LogP contribution in [0.25, 0.3) is 0 Å². The lowest BCUT2D eigenvalue weighted by Crippen LogP contribution is -2.47. The van der Waals surface area contributed by atoms with Gasteiger partial charge in [0.1, 0.15) is 0 Å². The lowest BCUT2D eigenvalue weighted by atomic mass is 9.72. The molecule has 1 aliphatic carbocycles. The molecule has 4 rings (SSSR count). The van der Waals surface area contributed by atoms with Crippen molar-refractivity contribution in [1.29, 1.82) is 0 Å². The number of carbonyl (C=O) groups excluding carboxylic acids is 1. The highest BCUT2D eigenvalue weighted by molar-refractivity contribution is 6.43. The summed E-state index contributed by atoms with van der Waals surface area (Å²) >= 11 is 0. The molecule has 4 unspecified atom stereocenters. The highest BCUT2D eigenvalue weighted by Gasteiger charge is 2.33. The minimum Gasteiger partial charge on any atom is -0.426 e. The predicted octanol–water partition coefficient (Wildman–Crippen LogP) is 3.35. The van der Waals surface area contributed by atoms with Gasteiger partial charge in [0.15, 0.2) is 5.78 Å². The zero-order valence-electron chi connectivity index (χ0n) is 19.0. The number of nitrogens with two attached hydrogens (primary N) is 1. The number of hydrogen-bond acceptors (Lipinski definition) is 5. The smallest absolute Gasteiger partial charge is 0.426 e. The van der Waals surface area contributed by atoms with E-state index in [0.29, 0.717) is 31.3 Å². The zero-order chi connectivity index (χ0) is 22.7. The molecule has 0 aromatic heterocycles. The van der Waals surface area contributed by atoms with E-state index in [2.05, 4.69) is 36.5 Å². The molecular formula is C26H35BN2O3. The van der Waals surface area contributed by atoms with E-state index in [1.165, 1.54) is 17.5 Å². The molecule has 5 nitrogen and oxygen atoms in total. The first-order valence-corrected chi connectivity index (χ1v) is 12.0. The van der Waals surface area contributed by atoms with Gasteiger partial charge in [-0.25, -0.2) is 0 Å². The molecule has 2 aliphatic rings. The van der Waals surface area contributed by atoms with Crippen LogP contribution in [0.2, 0.25) is 0 Å². The van der Waals surface area contributed by atoms with E-state index in [4.69, 9.17) is 5.73 Å². The molecular weight excluding hydrogens is 399 g/mol. The Morgan fingerprint density at radius 1 is 1.16 bits per heavy atom. The van der Waals surface area contributed by atoms with Crippen molar-refractivity contribution < 1.29 is 14.8 Å². The predicted molar refractivity (Wildman–Crippen MR) is 128 cm³/mol. The summed E-state index contributed by atoms with van der Waals surface area (Å²) in [5.74, 6) is 0.757. The first-order chi connectivity index (χ1) is 15.5. The van der Waals surface area contributed by atoms with Crippen LogP contribution in [0.15, 0.2) is 42.5 Å². The minimum absolute atomic E-state index is 0.0169. The number of rotatable bonds is 6. The monoisotopic (exact) mass is 434 g/mol. The maximum atomic E-state index is 13.5. The second-order valence-electron chi connectivity index (χ2n) is 9.62. The summed E-state index contributed by atoms with van der Waals surface area (Å²) in [5, 5.41) is 22.2. The molecule has 0 amide bonds. The summed E-state index contributed by atoms with van der Waals surface area (Å²) in [6.07, 6.45) is 6.10. The van der Waals surface area contributed by atoms with Crippen molar-refractivity contribution in [1.82, 2.24) is 5.32 Å². The van der Waals surface area contributed by atoms with Gasteiger partial charge in [0, 0.05) is 30.5 Å². The molecule has 1 aliphatic heterocycles. The van der Waals surface area contributed by atoms with Crippen LogP contribution in [-0.2, 0) is 19.5 Å². The molecule has 5 N–H and O–H groups in total. The Labute approximate surface area is 191 Å². The molecule has 170 valence electrons. The molecule has 1 fully saturated rings. The highest BCUT2D eigenvalue weighted by Crippen LogP contribution is 2.38. The Bertz CT molecular complexity index is 948. The van der Waals surface area contributed by atoms with Gasteiger partial charge in [-0.2, -0.15) is 0 Å². The third-order valence-electron chi connectivity index (χ3n) is 7.67. The molecule has 2 aromatic carbocycles. The Hall–Kier alpha value is -1.99. The van der Waals surface area contributed by atoms with Crippen molar-refractivity contribution in [2.24, 2.45) is 17.6 Å². The molecule has 1 heterocycles. The number of benzene rings is 2. The summed E-state index contributed by atoms with van der Waals surface area (Å²) < 4.78 is 0. The lowest BCUT2D eigenvalue weighted by molar-refractivity contribution is 0.0876. The van der Waals surface area contributed by atoms with Crippen molar-refractivity contribution >= 4 is 12.9 Å². The van der Waals surface area contributed by atoms with E-state index < -0.39 is 7.12 Å². The van der Waals surface area contributed by atoms with Gasteiger partial charge >= 0.3 is 7.12 Å². The van der Waals surface area contributed by atoms with Crippen molar-refractivity contribution in [3.8, 4) is 0 Å². The van der Waals surface area contributed by atoms with E-state index in [-0.39, 0.29) is 17.6 Å². The molecule has 0 spiro atoms. The van der Waals surface area contributed by atoms with Crippen LogP contribution in [0.4, 0.5) is 0 Å². The van der Waals surface area contributed by atoms with Crippen LogP contribution >= 0.6 is 0 Å². The van der Waals surface area contributed by atoms with E-state index in [0.717, 1.165) is 42.4 Å². The second-order valence-corrected chi connectivity index (χ2v) is 9.62. The van der Waals surface area contributed by atoms with Crippen LogP contribution in [-0.4, -0.2) is 28.9 Å². The molecule has 1 saturated carbocycles. The van der Waals surface area contributed by atoms with Crippen molar-refractivity contribution in [2.75, 3.05) is 0 Å². The third-order valence-corrected chi connectivity index (χ3v) is 7.67. The molecule has 32 heavy (non-hydrogen) atoms. The van der Waals surface area contributed by atoms with Gasteiger partial charge in [0.25, 0.3) is 0 Å². The van der Waals surface area contributed by atoms with Crippen LogP contribution in [0.3, 0.4) is 0 Å². The average molecular weight is 434 g/mol. The van der Waals surface area contributed by atoms with Gasteiger partial charge in [-0.05, 0) is 66.2 Å². The summed E-state index contributed by atoms with van der Waals surface area (Å²) in [6.45, 7) is 3.16. The minimum atomic E-state index is -1.40. The van der Waals surface area contributed by atoms with Crippen LogP contribution in [0.5, 0.6) is 0 Å². The first kappa shape index (κ1) is 23.2. The zero-order valence-corrected chi connectivity index (χ0v) is 19.0. The van der Waals surface area contributed by atoms with Crippen molar-refractivity contribution in [2.45, 2.75) is 70.4 Å². The number of fused-ring (bicyclic) bond motifs is 1. The van der Waals surface area contributed by atoms with Gasteiger partial charge < -0.3 is 21.1 Å². The number of ketones is 1. The summed E-state index contributed by atoms with van der Waals surface area (Å²) in [4.78, 5) is 13.5. The molecule has 0 bridgehead atoms. The fraction of sp³-hybridized carbons (Fsp3) is 0.500. The van der Waals surface area contributed by atoms with Crippen LogP contribution < -0.4 is 11.1 Å². The highest BCUT2D eigenvalue weighted by atomic mass is 16.4. The Kier molecular flexibility index (Phi) is 7.46. The Morgan fingerprint density at radius 3 is 2.75 bits per heavy atom. The Balaban J connectivity index is 1.45. The fourth-order valence-corrected chi connectivity index (χ4v) is 5.62. The molecule has 6 heteroatoms. The van der Waals surface area contributed by atoms with Crippen molar-refractivity contribution in [3.05, 3.63) is 70.3 Å². The van der Waals surface area contributed by atoms with Gasteiger partial charge in [0.2, 0.25) is 0 Å². The van der Waals surface area contributed by atoms with Crippen LogP contribution in [0, 0.1) is 11.8 Å². The molecule has 4 atom stereocenters. The van der Waals surface area contributed by atoms with Gasteiger partial charge in [0.05, 0.1) is 0 Å². The largest absolute Gasteiger partial charge is 0.469 e. The van der Waals surface area contributed by atoms with Gasteiger partial charge in [-0.1, -0.05) is 55.8 Å². The fourth-order valence-electron chi connectivity index (χ4n) is 5.62. The number of Topliss-reactive ketones (excluding diaryl/α,β-unsaturated/α-hetero) is 1. The van der Waals surface area contributed by atoms with Gasteiger partial charge in [-0.15, -0.1) is 0 Å². The van der Waals surface area contributed by atoms with Crippen LogP contribution in [0.1, 0.15) is 77.6 Å². The molecule has 0 radical (unpaired) electrons. The van der Waals surface area contributed by atoms with E-state index in [1.807, 2.05) is 18.2 Å². The first-order valence-electron chi connectivity index (χ1n) is 12.0. The second kappa shape index (κ2) is 10.3. The molecule has 2 aromatic rings. The number of carbonyl (C=O) groups is 1. The Morgan fingerprint density at radius 2 is 1.97 bits per heavy atom. The third kappa shape index (κ3) is 4.99. The number of hydrogen-bond donors (Lipinski definition) is 4. The topological polar surface area (TPSA) is 95.6 Å². The van der Waals surface area contributed by atoms with E-state index in [9.17, 15) is 14.8 Å². The quantitative estimate of drug-likeness (QED) is 0.318. The maximum Gasteiger partial charge on any atom is 0.469 e. The van der Waals surface area contributed by atoms with E-state index in [1.54, 1.807) is 0 Å². The number of nitrogens with one attached hydrogen (secondary N) is 1. The lowest BCUT2D eigenvalue weighted by Gasteiger charge is -2.28. The SMILES string of the molecule is CC(C(=O)c1cccc2c1CNC(B(O)O)C2)C1CCCC(c2cccc(CN)c2)CC1.